The number of ether oxygens (including phenoxy) is 2. The van der Waals surface area contributed by atoms with Crippen LogP contribution in [-0.2, 0) is 6.54 Å². The van der Waals surface area contributed by atoms with Crippen LogP contribution in [0.5, 0.6) is 11.5 Å². The van der Waals surface area contributed by atoms with Crippen molar-refractivity contribution in [2.45, 2.75) is 19.9 Å². The maximum absolute atomic E-state index is 5.66. The molecule has 1 aromatic carbocycles. The summed E-state index contributed by atoms with van der Waals surface area (Å²) in [5.74, 6) is 2.57. The molecule has 4 nitrogen and oxygen atoms in total. The highest BCUT2D eigenvalue weighted by Crippen LogP contribution is 2.32. The molecular formula is C15H17NO3. The molecule has 1 N–H and O–H groups in total. The third-order valence-electron chi connectivity index (χ3n) is 3.17. The Kier molecular flexibility index (Phi) is 3.31. The van der Waals surface area contributed by atoms with Crippen LogP contribution >= 0.6 is 0 Å². The summed E-state index contributed by atoms with van der Waals surface area (Å²) < 4.78 is 16.7. The lowest BCUT2D eigenvalue weighted by molar-refractivity contribution is 0.297. The molecule has 2 aromatic rings. The standard InChI is InChI=1S/C15H17NO3/c1-11-5-8-19-15(11)10-16-12-3-4-13-14(9-12)18-7-2-6-17-13/h3-5,8-9,16H,2,6-7,10H2,1H3. The smallest absolute Gasteiger partial charge is 0.163 e. The van der Waals surface area contributed by atoms with Crippen molar-refractivity contribution < 1.29 is 13.9 Å². The van der Waals surface area contributed by atoms with Gasteiger partial charge < -0.3 is 19.2 Å². The number of hydrogen-bond donors (Lipinski definition) is 1. The van der Waals surface area contributed by atoms with Crippen LogP contribution in [0.1, 0.15) is 17.7 Å². The van der Waals surface area contributed by atoms with E-state index in [1.807, 2.05) is 31.2 Å². The quantitative estimate of drug-likeness (QED) is 0.917. The molecule has 0 saturated heterocycles. The lowest BCUT2D eigenvalue weighted by Crippen LogP contribution is -2.00. The van der Waals surface area contributed by atoms with Gasteiger partial charge >= 0.3 is 0 Å². The van der Waals surface area contributed by atoms with E-state index < -0.39 is 0 Å². The predicted molar refractivity (Wildman–Crippen MR) is 72.8 cm³/mol. The van der Waals surface area contributed by atoms with E-state index in [-0.39, 0.29) is 0 Å². The van der Waals surface area contributed by atoms with Crippen LogP contribution in [0.4, 0.5) is 5.69 Å². The summed E-state index contributed by atoms with van der Waals surface area (Å²) in [5, 5.41) is 3.33. The second kappa shape index (κ2) is 5.26. The Hall–Kier alpha value is -2.10. The fraction of sp³-hybridized carbons (Fsp3) is 0.333. The number of fused-ring (bicyclic) bond motifs is 1. The summed E-state index contributed by atoms with van der Waals surface area (Å²) in [6.07, 6.45) is 2.63. The van der Waals surface area contributed by atoms with Crippen LogP contribution in [0.3, 0.4) is 0 Å². The van der Waals surface area contributed by atoms with E-state index in [1.54, 1.807) is 6.26 Å². The molecule has 1 aliphatic rings. The molecule has 0 fully saturated rings. The zero-order valence-electron chi connectivity index (χ0n) is 10.9. The minimum Gasteiger partial charge on any atom is -0.490 e. The van der Waals surface area contributed by atoms with Crippen LogP contribution in [0.25, 0.3) is 0 Å². The minimum absolute atomic E-state index is 0.665. The first-order valence-corrected chi connectivity index (χ1v) is 6.49. The van der Waals surface area contributed by atoms with Gasteiger partial charge in [0.15, 0.2) is 11.5 Å². The monoisotopic (exact) mass is 259 g/mol. The molecule has 2 heterocycles. The summed E-state index contributed by atoms with van der Waals surface area (Å²) >= 11 is 0. The molecule has 1 aliphatic heterocycles. The first-order valence-electron chi connectivity index (χ1n) is 6.49. The molecule has 0 unspecified atom stereocenters. The molecule has 0 aliphatic carbocycles. The van der Waals surface area contributed by atoms with E-state index in [4.69, 9.17) is 13.9 Å². The number of furan rings is 1. The van der Waals surface area contributed by atoms with E-state index in [1.165, 1.54) is 0 Å². The Balaban J connectivity index is 1.72. The van der Waals surface area contributed by atoms with Crippen LogP contribution < -0.4 is 14.8 Å². The molecule has 0 amide bonds. The molecule has 0 saturated carbocycles. The molecule has 0 spiro atoms. The van der Waals surface area contributed by atoms with Gasteiger partial charge in [0.25, 0.3) is 0 Å². The van der Waals surface area contributed by atoms with Crippen molar-refractivity contribution >= 4 is 5.69 Å². The van der Waals surface area contributed by atoms with E-state index in [0.29, 0.717) is 19.8 Å². The average molecular weight is 259 g/mol. The molecule has 0 atom stereocenters. The van der Waals surface area contributed by atoms with E-state index in [9.17, 15) is 0 Å². The largest absolute Gasteiger partial charge is 0.490 e. The first kappa shape index (κ1) is 12.0. The van der Waals surface area contributed by atoms with E-state index >= 15 is 0 Å². The summed E-state index contributed by atoms with van der Waals surface area (Å²) in [5.41, 5.74) is 2.15. The van der Waals surface area contributed by atoms with E-state index in [0.717, 1.165) is 34.9 Å². The molecule has 3 rings (SSSR count). The third-order valence-corrected chi connectivity index (χ3v) is 3.17. The number of anilines is 1. The van der Waals surface area contributed by atoms with Gasteiger partial charge in [-0.15, -0.1) is 0 Å². The van der Waals surface area contributed by atoms with Gasteiger partial charge in [0.1, 0.15) is 5.76 Å². The molecule has 0 radical (unpaired) electrons. The zero-order valence-corrected chi connectivity index (χ0v) is 10.9. The molecular weight excluding hydrogens is 242 g/mol. The van der Waals surface area contributed by atoms with Gasteiger partial charge in [-0.3, -0.25) is 0 Å². The molecule has 4 heteroatoms. The summed E-state index contributed by atoms with van der Waals surface area (Å²) in [4.78, 5) is 0. The van der Waals surface area contributed by atoms with Crippen molar-refractivity contribution in [2.75, 3.05) is 18.5 Å². The van der Waals surface area contributed by atoms with Crippen LogP contribution in [0.2, 0.25) is 0 Å². The highest BCUT2D eigenvalue weighted by molar-refractivity contribution is 5.55. The molecule has 19 heavy (non-hydrogen) atoms. The van der Waals surface area contributed by atoms with Crippen molar-refractivity contribution in [3.63, 3.8) is 0 Å². The van der Waals surface area contributed by atoms with Gasteiger partial charge in [-0.2, -0.15) is 0 Å². The maximum atomic E-state index is 5.66. The fourth-order valence-corrected chi connectivity index (χ4v) is 2.04. The summed E-state index contributed by atoms with van der Waals surface area (Å²) in [7, 11) is 0. The second-order valence-corrected chi connectivity index (χ2v) is 4.59. The SMILES string of the molecule is Cc1ccoc1CNc1ccc2c(c1)OCCCO2. The normalized spacial score (nSPS) is 13.9. The second-order valence-electron chi connectivity index (χ2n) is 4.59. The summed E-state index contributed by atoms with van der Waals surface area (Å²) in [6.45, 7) is 4.12. The highest BCUT2D eigenvalue weighted by atomic mass is 16.5. The Morgan fingerprint density at radius 1 is 1.11 bits per heavy atom. The number of aryl methyl sites for hydroxylation is 1. The Bertz CT molecular complexity index is 562. The molecule has 100 valence electrons. The van der Waals surface area contributed by atoms with Crippen LogP contribution in [-0.4, -0.2) is 13.2 Å². The van der Waals surface area contributed by atoms with Crippen molar-refractivity contribution in [1.82, 2.24) is 0 Å². The van der Waals surface area contributed by atoms with Gasteiger partial charge in [0.2, 0.25) is 0 Å². The maximum Gasteiger partial charge on any atom is 0.163 e. The minimum atomic E-state index is 0.665. The lowest BCUT2D eigenvalue weighted by atomic mass is 10.2. The Morgan fingerprint density at radius 2 is 1.95 bits per heavy atom. The molecule has 0 bridgehead atoms. The van der Waals surface area contributed by atoms with Gasteiger partial charge in [-0.1, -0.05) is 0 Å². The number of hydrogen-bond acceptors (Lipinski definition) is 4. The van der Waals surface area contributed by atoms with Crippen molar-refractivity contribution in [3.8, 4) is 11.5 Å². The zero-order chi connectivity index (χ0) is 13.1. The number of nitrogens with one attached hydrogen (secondary N) is 1. The van der Waals surface area contributed by atoms with Crippen molar-refractivity contribution in [3.05, 3.63) is 41.9 Å². The van der Waals surface area contributed by atoms with Gasteiger partial charge in [-0.25, -0.2) is 0 Å². The highest BCUT2D eigenvalue weighted by Gasteiger charge is 2.10. The molecule has 1 aromatic heterocycles. The van der Waals surface area contributed by atoms with Gasteiger partial charge in [0, 0.05) is 18.2 Å². The van der Waals surface area contributed by atoms with E-state index in [2.05, 4.69) is 5.32 Å². The van der Waals surface area contributed by atoms with Gasteiger partial charge in [-0.05, 0) is 30.7 Å². The predicted octanol–water partition coefficient (Wildman–Crippen LogP) is 3.36. The van der Waals surface area contributed by atoms with Crippen LogP contribution in [0.15, 0.2) is 34.9 Å². The lowest BCUT2D eigenvalue weighted by Gasteiger charge is -2.10. The summed E-state index contributed by atoms with van der Waals surface area (Å²) in [6, 6.07) is 7.87. The van der Waals surface area contributed by atoms with Gasteiger partial charge in [0.05, 0.1) is 26.0 Å². The third kappa shape index (κ3) is 2.67. The number of benzene rings is 1. The Morgan fingerprint density at radius 3 is 2.74 bits per heavy atom. The number of rotatable bonds is 3. The first-order chi connectivity index (χ1) is 9.33. The topological polar surface area (TPSA) is 43.6 Å². The Labute approximate surface area is 112 Å². The average Bonchev–Trinajstić information content (AvgIpc) is 2.70. The van der Waals surface area contributed by atoms with Crippen LogP contribution in [0, 0.1) is 6.92 Å². The van der Waals surface area contributed by atoms with Crippen molar-refractivity contribution in [2.24, 2.45) is 0 Å². The fourth-order valence-electron chi connectivity index (χ4n) is 2.04. The van der Waals surface area contributed by atoms with Crippen molar-refractivity contribution in [1.29, 1.82) is 0 Å².